The van der Waals surface area contributed by atoms with Crippen molar-refractivity contribution >= 4 is 23.5 Å². The van der Waals surface area contributed by atoms with Crippen molar-refractivity contribution < 1.29 is 14.7 Å². The van der Waals surface area contributed by atoms with Crippen molar-refractivity contribution in [3.63, 3.8) is 0 Å². The SMILES string of the molecule is CC1CCCN(C(=O)c2ccnc(Cl)c2)C1C(=O)O. The molecular weight excluding hydrogens is 268 g/mol. The Balaban J connectivity index is 2.28. The van der Waals surface area contributed by atoms with Crippen LogP contribution < -0.4 is 0 Å². The number of piperidine rings is 1. The van der Waals surface area contributed by atoms with Crippen LogP contribution in [0.25, 0.3) is 0 Å². The second-order valence-electron chi connectivity index (χ2n) is 4.77. The number of aliphatic carboxylic acids is 1. The van der Waals surface area contributed by atoms with Gasteiger partial charge in [-0.1, -0.05) is 18.5 Å². The van der Waals surface area contributed by atoms with Gasteiger partial charge in [0.25, 0.3) is 5.91 Å². The third-order valence-corrected chi connectivity index (χ3v) is 3.63. The van der Waals surface area contributed by atoms with E-state index in [1.54, 1.807) is 6.07 Å². The standard InChI is InChI=1S/C13H15ClN2O3/c1-8-3-2-6-16(11(8)13(18)19)12(17)9-4-5-15-10(14)7-9/h4-5,7-8,11H,2-3,6H2,1H3,(H,18,19). The number of carboxylic acid groups (broad SMARTS) is 1. The van der Waals surface area contributed by atoms with Gasteiger partial charge in [0, 0.05) is 18.3 Å². The minimum absolute atomic E-state index is 0.0486. The second-order valence-corrected chi connectivity index (χ2v) is 5.16. The quantitative estimate of drug-likeness (QED) is 0.843. The van der Waals surface area contributed by atoms with Gasteiger partial charge in [-0.3, -0.25) is 4.79 Å². The van der Waals surface area contributed by atoms with E-state index in [0.29, 0.717) is 12.1 Å². The molecule has 1 saturated heterocycles. The Morgan fingerprint density at radius 2 is 2.26 bits per heavy atom. The maximum absolute atomic E-state index is 12.4. The fourth-order valence-corrected chi connectivity index (χ4v) is 2.67. The summed E-state index contributed by atoms with van der Waals surface area (Å²) in [6.45, 7) is 2.32. The van der Waals surface area contributed by atoms with Gasteiger partial charge in [-0.25, -0.2) is 9.78 Å². The summed E-state index contributed by atoms with van der Waals surface area (Å²) in [4.78, 5) is 29.0. The third-order valence-electron chi connectivity index (χ3n) is 3.42. The summed E-state index contributed by atoms with van der Waals surface area (Å²) in [5.74, 6) is -1.31. The van der Waals surface area contributed by atoms with E-state index in [9.17, 15) is 14.7 Å². The van der Waals surface area contributed by atoms with Gasteiger partial charge in [-0.05, 0) is 30.9 Å². The van der Waals surface area contributed by atoms with Crippen LogP contribution in [-0.4, -0.2) is 39.5 Å². The van der Waals surface area contributed by atoms with Crippen molar-refractivity contribution in [3.05, 3.63) is 29.0 Å². The molecule has 2 unspecified atom stereocenters. The van der Waals surface area contributed by atoms with Crippen LogP contribution in [-0.2, 0) is 4.79 Å². The van der Waals surface area contributed by atoms with Crippen molar-refractivity contribution in [2.45, 2.75) is 25.8 Å². The van der Waals surface area contributed by atoms with E-state index >= 15 is 0 Å². The van der Waals surface area contributed by atoms with Gasteiger partial charge in [0.15, 0.2) is 0 Å². The lowest BCUT2D eigenvalue weighted by molar-refractivity contribution is -0.145. The molecule has 1 amide bonds. The first-order valence-electron chi connectivity index (χ1n) is 6.16. The minimum atomic E-state index is -0.958. The highest BCUT2D eigenvalue weighted by Crippen LogP contribution is 2.25. The number of hydrogen-bond acceptors (Lipinski definition) is 3. The van der Waals surface area contributed by atoms with E-state index in [2.05, 4.69) is 4.98 Å². The van der Waals surface area contributed by atoms with E-state index in [-0.39, 0.29) is 17.0 Å². The van der Waals surface area contributed by atoms with E-state index in [1.165, 1.54) is 17.2 Å². The van der Waals surface area contributed by atoms with E-state index in [1.807, 2.05) is 6.92 Å². The molecule has 1 N–H and O–H groups in total. The molecule has 2 heterocycles. The Morgan fingerprint density at radius 1 is 1.53 bits per heavy atom. The lowest BCUT2D eigenvalue weighted by atomic mass is 9.90. The maximum atomic E-state index is 12.4. The highest BCUT2D eigenvalue weighted by Gasteiger charge is 2.37. The molecule has 1 aliphatic heterocycles. The molecule has 0 aromatic carbocycles. The van der Waals surface area contributed by atoms with Gasteiger partial charge in [0.2, 0.25) is 0 Å². The third kappa shape index (κ3) is 2.87. The Bertz CT molecular complexity index is 506. The molecule has 1 aliphatic rings. The number of carboxylic acids is 1. The Kier molecular flexibility index (Phi) is 4.04. The molecule has 6 heteroatoms. The zero-order valence-electron chi connectivity index (χ0n) is 10.5. The summed E-state index contributed by atoms with van der Waals surface area (Å²) in [5, 5.41) is 9.52. The van der Waals surface area contributed by atoms with Crippen LogP contribution in [0, 0.1) is 5.92 Å². The number of carbonyl (C=O) groups is 2. The number of halogens is 1. The molecule has 2 rings (SSSR count). The zero-order chi connectivity index (χ0) is 14.0. The second kappa shape index (κ2) is 5.57. The fraction of sp³-hybridized carbons (Fsp3) is 0.462. The molecule has 0 saturated carbocycles. The first-order chi connectivity index (χ1) is 9.00. The van der Waals surface area contributed by atoms with Crippen LogP contribution in [0.2, 0.25) is 5.15 Å². The van der Waals surface area contributed by atoms with E-state index in [0.717, 1.165) is 12.8 Å². The summed E-state index contributed by atoms with van der Waals surface area (Å²) < 4.78 is 0. The monoisotopic (exact) mass is 282 g/mol. The average Bonchev–Trinajstić information content (AvgIpc) is 2.37. The molecule has 0 spiro atoms. The van der Waals surface area contributed by atoms with Crippen LogP contribution in [0.1, 0.15) is 30.1 Å². The van der Waals surface area contributed by atoms with Crippen LogP contribution in [0.4, 0.5) is 0 Å². The highest BCUT2D eigenvalue weighted by molar-refractivity contribution is 6.29. The molecule has 1 fully saturated rings. The number of carbonyl (C=O) groups excluding carboxylic acids is 1. The molecular formula is C13H15ClN2O3. The number of hydrogen-bond donors (Lipinski definition) is 1. The zero-order valence-corrected chi connectivity index (χ0v) is 11.3. The number of aromatic nitrogens is 1. The predicted octanol–water partition coefficient (Wildman–Crippen LogP) is 2.06. The first kappa shape index (κ1) is 13.8. The normalized spacial score (nSPS) is 23.2. The molecule has 5 nitrogen and oxygen atoms in total. The lowest BCUT2D eigenvalue weighted by Crippen LogP contribution is -2.51. The van der Waals surface area contributed by atoms with Crippen molar-refractivity contribution in [1.82, 2.24) is 9.88 Å². The van der Waals surface area contributed by atoms with Crippen LogP contribution in [0.3, 0.4) is 0 Å². The summed E-state index contributed by atoms with van der Waals surface area (Å²) in [6.07, 6.45) is 3.08. The van der Waals surface area contributed by atoms with E-state index in [4.69, 9.17) is 11.6 Å². The Hall–Kier alpha value is -1.62. The van der Waals surface area contributed by atoms with E-state index < -0.39 is 12.0 Å². The number of pyridine rings is 1. The first-order valence-corrected chi connectivity index (χ1v) is 6.54. The molecule has 2 atom stereocenters. The van der Waals surface area contributed by atoms with Gasteiger partial charge in [-0.2, -0.15) is 0 Å². The Labute approximate surface area is 116 Å². The van der Waals surface area contributed by atoms with Crippen molar-refractivity contribution in [3.8, 4) is 0 Å². The highest BCUT2D eigenvalue weighted by atomic mass is 35.5. The molecule has 0 aliphatic carbocycles. The topological polar surface area (TPSA) is 70.5 Å². The van der Waals surface area contributed by atoms with Gasteiger partial charge in [-0.15, -0.1) is 0 Å². The average molecular weight is 283 g/mol. The molecule has 102 valence electrons. The summed E-state index contributed by atoms with van der Waals surface area (Å²) in [7, 11) is 0. The number of rotatable bonds is 2. The molecule has 19 heavy (non-hydrogen) atoms. The van der Waals surface area contributed by atoms with Crippen LogP contribution in [0.15, 0.2) is 18.3 Å². The van der Waals surface area contributed by atoms with Crippen molar-refractivity contribution in [2.75, 3.05) is 6.54 Å². The number of likely N-dealkylation sites (tertiary alicyclic amines) is 1. The Morgan fingerprint density at radius 3 is 2.89 bits per heavy atom. The molecule has 1 aromatic heterocycles. The summed E-state index contributed by atoms with van der Waals surface area (Å²) in [6, 6.07) is 2.24. The number of nitrogens with zero attached hydrogens (tertiary/aromatic N) is 2. The fourth-order valence-electron chi connectivity index (χ4n) is 2.49. The minimum Gasteiger partial charge on any atom is -0.480 e. The summed E-state index contributed by atoms with van der Waals surface area (Å²) >= 11 is 5.76. The van der Waals surface area contributed by atoms with Gasteiger partial charge >= 0.3 is 5.97 Å². The van der Waals surface area contributed by atoms with Gasteiger partial charge in [0.05, 0.1) is 0 Å². The van der Waals surface area contributed by atoms with Crippen molar-refractivity contribution in [1.29, 1.82) is 0 Å². The van der Waals surface area contributed by atoms with Crippen LogP contribution >= 0.6 is 11.6 Å². The summed E-state index contributed by atoms with van der Waals surface area (Å²) in [5.41, 5.74) is 0.375. The van der Waals surface area contributed by atoms with Crippen LogP contribution in [0.5, 0.6) is 0 Å². The maximum Gasteiger partial charge on any atom is 0.326 e. The smallest absolute Gasteiger partial charge is 0.326 e. The van der Waals surface area contributed by atoms with Gasteiger partial charge < -0.3 is 10.0 Å². The predicted molar refractivity (Wildman–Crippen MR) is 70.1 cm³/mol. The molecule has 0 bridgehead atoms. The van der Waals surface area contributed by atoms with Crippen molar-refractivity contribution in [2.24, 2.45) is 5.92 Å². The molecule has 0 radical (unpaired) electrons. The lowest BCUT2D eigenvalue weighted by Gasteiger charge is -2.37. The molecule has 1 aromatic rings. The largest absolute Gasteiger partial charge is 0.480 e. The van der Waals surface area contributed by atoms with Gasteiger partial charge in [0.1, 0.15) is 11.2 Å². The number of amides is 1.